The molecule has 0 saturated carbocycles. The normalized spacial score (nSPS) is 11.4. The van der Waals surface area contributed by atoms with Gasteiger partial charge in [-0.3, -0.25) is 9.13 Å². The van der Waals surface area contributed by atoms with Gasteiger partial charge in [-0.2, -0.15) is 0 Å². The lowest BCUT2D eigenvalue weighted by Gasteiger charge is -2.14. The fourth-order valence-electron chi connectivity index (χ4n) is 6.60. The van der Waals surface area contributed by atoms with Crippen molar-refractivity contribution in [2.75, 3.05) is 25.7 Å². The summed E-state index contributed by atoms with van der Waals surface area (Å²) in [7, 11) is -3.89. The zero-order valence-corrected chi connectivity index (χ0v) is 41.0. The molecule has 8 aromatic rings. The number of aryl methyl sites for hydroxylation is 2. The van der Waals surface area contributed by atoms with E-state index in [0.29, 0.717) is 68.9 Å². The summed E-state index contributed by atoms with van der Waals surface area (Å²) in [6.45, 7) is 7.38. The molecular formula is C45H38BrCl2N7O6S4. The summed E-state index contributed by atoms with van der Waals surface area (Å²) in [6, 6.07) is 32.4. The third kappa shape index (κ3) is 12.1. The van der Waals surface area contributed by atoms with Crippen molar-refractivity contribution in [2.24, 2.45) is 0 Å². The van der Waals surface area contributed by atoms with Gasteiger partial charge in [-0.05, 0) is 101 Å². The van der Waals surface area contributed by atoms with Crippen LogP contribution < -0.4 is 9.47 Å². The molecule has 0 aliphatic carbocycles. The number of aromatic nitrogens is 6. The smallest absolute Gasteiger partial charge is 0.189 e. The highest BCUT2D eigenvalue weighted by atomic mass is 79.9. The minimum Gasteiger partial charge on any atom is -0.495 e. The van der Waals surface area contributed by atoms with Crippen molar-refractivity contribution in [3.8, 4) is 44.3 Å². The van der Waals surface area contributed by atoms with Crippen molar-refractivity contribution < 1.29 is 26.3 Å². The summed E-state index contributed by atoms with van der Waals surface area (Å²) in [5, 5.41) is 22.2. The number of halogens is 3. The van der Waals surface area contributed by atoms with E-state index in [-0.39, 0.29) is 28.8 Å². The average Bonchev–Trinajstić information content (AvgIpc) is 4.15. The van der Waals surface area contributed by atoms with E-state index in [9.17, 15) is 16.8 Å². The maximum absolute atomic E-state index is 13.0. The molecular weight excluding hydrogens is 1010 g/mol. The molecule has 0 radical (unpaired) electrons. The Bertz CT molecular complexity index is 3160. The van der Waals surface area contributed by atoms with E-state index in [4.69, 9.17) is 39.2 Å². The molecule has 0 N–H and O–H groups in total. The van der Waals surface area contributed by atoms with Gasteiger partial charge in [0.1, 0.15) is 23.0 Å². The van der Waals surface area contributed by atoms with Crippen LogP contribution in [0.2, 0.25) is 10.0 Å². The van der Waals surface area contributed by atoms with Crippen LogP contribution in [0.4, 0.5) is 5.69 Å². The zero-order valence-electron chi connectivity index (χ0n) is 34.6. The van der Waals surface area contributed by atoms with Crippen molar-refractivity contribution in [2.45, 2.75) is 24.3 Å². The second-order valence-electron chi connectivity index (χ2n) is 14.2. The fraction of sp³-hybridized carbons (Fsp3) is 0.178. The fourth-order valence-corrected chi connectivity index (χ4v) is 11.1. The second kappa shape index (κ2) is 21.3. The van der Waals surface area contributed by atoms with Crippen molar-refractivity contribution >= 4 is 87.2 Å². The van der Waals surface area contributed by atoms with E-state index < -0.39 is 19.7 Å². The molecule has 0 fully saturated rings. The topological polar surface area (TPSA) is 153 Å². The maximum Gasteiger partial charge on any atom is 0.189 e. The van der Waals surface area contributed by atoms with Crippen LogP contribution in [0.15, 0.2) is 124 Å². The Morgan fingerprint density at radius 2 is 1.08 bits per heavy atom. The van der Waals surface area contributed by atoms with Crippen LogP contribution in [0.3, 0.4) is 0 Å². The molecule has 8 rings (SSSR count). The van der Waals surface area contributed by atoms with Crippen molar-refractivity contribution in [1.29, 1.82) is 0 Å². The predicted octanol–water partition coefficient (Wildman–Crippen LogP) is 10.9. The highest BCUT2D eigenvalue weighted by Gasteiger charge is 2.26. The second-order valence-corrected chi connectivity index (χ2v) is 22.3. The molecule has 65 heavy (non-hydrogen) atoms. The molecule has 4 aromatic carbocycles. The summed E-state index contributed by atoms with van der Waals surface area (Å²) >= 11 is 18.3. The van der Waals surface area contributed by atoms with Gasteiger partial charge >= 0.3 is 0 Å². The van der Waals surface area contributed by atoms with Gasteiger partial charge in [-0.25, -0.2) is 21.7 Å². The molecule has 13 nitrogen and oxygen atoms in total. The van der Waals surface area contributed by atoms with Crippen LogP contribution in [-0.4, -0.2) is 72.1 Å². The lowest BCUT2D eigenvalue weighted by atomic mass is 10.2. The van der Waals surface area contributed by atoms with Crippen LogP contribution in [0.5, 0.6) is 11.5 Å². The number of thiophene rings is 2. The van der Waals surface area contributed by atoms with Gasteiger partial charge < -0.3 is 9.47 Å². The Morgan fingerprint density at radius 1 is 0.631 bits per heavy atom. The number of methoxy groups -OCH3 is 2. The molecule has 0 saturated heterocycles. The van der Waals surface area contributed by atoms with Gasteiger partial charge in [0.2, 0.25) is 0 Å². The van der Waals surface area contributed by atoms with Crippen LogP contribution in [0, 0.1) is 6.57 Å². The van der Waals surface area contributed by atoms with Gasteiger partial charge in [0.05, 0.1) is 53.4 Å². The number of rotatable bonds is 16. The Labute approximate surface area is 403 Å². The lowest BCUT2D eigenvalue weighted by molar-refractivity contribution is 0.412. The SMILES string of the molecule is COc1ccc(Br)cc1-n1c(CS(=O)(=O)CCc2ccc(Cl)cc2)nnc1-c1cccs1.[C-]#[N+]c1ccc(OC)c(-n2c(CS(=O)(=O)CCc3ccc(Cl)cc3)nnc2-c2cccs2)c1. The van der Waals surface area contributed by atoms with Gasteiger partial charge in [-0.15, -0.1) is 43.1 Å². The van der Waals surface area contributed by atoms with Crippen LogP contribution in [0.25, 0.3) is 37.6 Å². The number of sulfone groups is 2. The molecule has 0 amide bonds. The molecule has 334 valence electrons. The van der Waals surface area contributed by atoms with E-state index in [1.807, 2.05) is 77.5 Å². The van der Waals surface area contributed by atoms with Crippen LogP contribution in [0.1, 0.15) is 22.8 Å². The first-order valence-corrected chi connectivity index (χ1v) is 26.5. The van der Waals surface area contributed by atoms with E-state index >= 15 is 0 Å². The minimum atomic E-state index is -3.52. The highest BCUT2D eigenvalue weighted by Crippen LogP contribution is 2.36. The molecule has 0 aliphatic rings. The molecule has 4 aromatic heterocycles. The van der Waals surface area contributed by atoms with Crippen LogP contribution >= 0.6 is 61.8 Å². The van der Waals surface area contributed by atoms with Gasteiger partial charge in [0.15, 0.2) is 48.7 Å². The number of hydrogen-bond acceptors (Lipinski definition) is 12. The third-order valence-electron chi connectivity index (χ3n) is 9.79. The number of benzene rings is 4. The van der Waals surface area contributed by atoms with E-state index in [0.717, 1.165) is 25.4 Å². The first kappa shape index (κ1) is 47.6. The van der Waals surface area contributed by atoms with Crippen molar-refractivity contribution in [1.82, 2.24) is 29.5 Å². The molecule has 0 aliphatic heterocycles. The van der Waals surface area contributed by atoms with Gasteiger partial charge in [0, 0.05) is 14.5 Å². The monoisotopic (exact) mass is 1050 g/mol. The maximum atomic E-state index is 13.0. The average molecular weight is 1050 g/mol. The van der Waals surface area contributed by atoms with E-state index in [2.05, 4.69) is 41.2 Å². The van der Waals surface area contributed by atoms with E-state index in [1.54, 1.807) is 58.7 Å². The minimum absolute atomic E-state index is 0.00849. The van der Waals surface area contributed by atoms with Gasteiger partial charge in [-0.1, -0.05) is 81.6 Å². The largest absolute Gasteiger partial charge is 0.495 e. The number of hydrogen-bond donors (Lipinski definition) is 0. The zero-order chi connectivity index (χ0) is 46.1. The first-order valence-electron chi connectivity index (χ1n) is 19.5. The summed E-state index contributed by atoms with van der Waals surface area (Å²) in [4.78, 5) is 5.20. The van der Waals surface area contributed by atoms with Gasteiger partial charge in [0.25, 0.3) is 0 Å². The summed E-state index contributed by atoms with van der Waals surface area (Å²) in [6.07, 6.45) is 0.758. The summed E-state index contributed by atoms with van der Waals surface area (Å²) in [5.41, 5.74) is 3.37. The summed E-state index contributed by atoms with van der Waals surface area (Å²) < 4.78 is 67.3. The first-order chi connectivity index (χ1) is 31.3. The molecule has 0 unspecified atom stereocenters. The molecule has 0 bridgehead atoms. The van der Waals surface area contributed by atoms with Crippen molar-refractivity contribution in [3.63, 3.8) is 0 Å². The Hall–Kier alpha value is -5.39. The Kier molecular flexibility index (Phi) is 15.6. The van der Waals surface area contributed by atoms with Crippen LogP contribution in [-0.2, 0) is 44.0 Å². The Balaban J connectivity index is 0.000000194. The molecule has 20 heteroatoms. The molecule has 4 heterocycles. The molecule has 0 spiro atoms. The standard InChI is InChI=1S/C23H19ClN4O3S2.C22H19BrClN3O3S2/c1-25-18-9-10-20(31-2)19(14-18)28-22(26-27-23(28)21-4-3-12-32-21)15-33(29,30)13-11-16-5-7-17(24)8-6-16;1-30-19-9-6-16(23)13-18(19)27-21(25-26-22(27)20-3-2-11-31-20)14-32(28,29)12-10-15-4-7-17(24)8-5-15/h3-10,12,14H,11,13,15H2,2H3;2-9,11,13H,10,12,14H2,1H3. The summed E-state index contributed by atoms with van der Waals surface area (Å²) in [5.74, 6) is 2.13. The predicted molar refractivity (Wildman–Crippen MR) is 262 cm³/mol. The van der Waals surface area contributed by atoms with E-state index in [1.165, 1.54) is 29.8 Å². The molecule has 0 atom stereocenters. The highest BCUT2D eigenvalue weighted by molar-refractivity contribution is 9.10. The quantitative estimate of drug-likeness (QED) is 0.0855. The lowest BCUT2D eigenvalue weighted by Crippen LogP contribution is -2.15. The number of nitrogens with zero attached hydrogens (tertiary/aromatic N) is 7. The van der Waals surface area contributed by atoms with Crippen molar-refractivity contribution in [3.05, 3.63) is 169 Å². The number of ether oxygens (including phenoxy) is 2. The third-order valence-corrected chi connectivity index (χ3v) is 15.6. The Morgan fingerprint density at radius 3 is 1.49 bits per heavy atom.